The molecule has 2 N–H and O–H groups in total. The highest BCUT2D eigenvalue weighted by atomic mass is 16.5. The number of hydrogen-bond donors (Lipinski definition) is 2. The van der Waals surface area contributed by atoms with E-state index in [0.29, 0.717) is 18.7 Å². The fourth-order valence-corrected chi connectivity index (χ4v) is 4.52. The van der Waals surface area contributed by atoms with Crippen molar-refractivity contribution in [3.05, 3.63) is 95.3 Å². The summed E-state index contributed by atoms with van der Waals surface area (Å²) >= 11 is 0. The Hall–Kier alpha value is -3.71. The lowest BCUT2D eigenvalue weighted by atomic mass is 9.88. The van der Waals surface area contributed by atoms with Crippen LogP contribution in [0.25, 0.3) is 0 Å². The second kappa shape index (κ2) is 11.6. The summed E-state index contributed by atoms with van der Waals surface area (Å²) in [5, 5.41) is 6.06. The van der Waals surface area contributed by atoms with Gasteiger partial charge in [0.1, 0.15) is 5.75 Å². The molecule has 1 saturated heterocycles. The molecule has 0 aliphatic carbocycles. The first kappa shape index (κ1) is 24.4. The van der Waals surface area contributed by atoms with Gasteiger partial charge in [-0.1, -0.05) is 36.4 Å². The summed E-state index contributed by atoms with van der Waals surface area (Å²) in [4.78, 5) is 31.5. The molecule has 2 amide bonds. The number of likely N-dealkylation sites (tertiary alicyclic amines) is 1. The first-order chi connectivity index (χ1) is 17.0. The van der Waals surface area contributed by atoms with Crippen LogP contribution in [0.3, 0.4) is 0 Å². The topological polar surface area (TPSA) is 83.6 Å². The number of benzene rings is 2. The van der Waals surface area contributed by atoms with E-state index in [1.54, 1.807) is 31.6 Å². The number of pyridine rings is 1. The molecular formula is C28H32N4O3. The molecule has 1 aliphatic rings. The number of rotatable bonds is 9. The highest BCUT2D eigenvalue weighted by molar-refractivity contribution is 5.93. The largest absolute Gasteiger partial charge is 0.497 e. The summed E-state index contributed by atoms with van der Waals surface area (Å²) in [6.45, 7) is 2.62. The molecule has 182 valence electrons. The standard InChI is InChI=1S/C28H32N4O3/c1-32-18-25(26(19-32)28(34)30-15-13-20-7-11-24(35-2)12-8-20)22-9-5-21(6-10-22)16-31-27(33)23-4-3-14-29-17-23/h3-12,14,17,25-26H,13,15-16,18-19H2,1-2H3,(H,30,34)(H,31,33). The van der Waals surface area contributed by atoms with Crippen LogP contribution in [0.5, 0.6) is 5.75 Å². The van der Waals surface area contributed by atoms with Crippen molar-refractivity contribution >= 4 is 11.8 Å². The van der Waals surface area contributed by atoms with Gasteiger partial charge in [0.05, 0.1) is 18.6 Å². The van der Waals surface area contributed by atoms with Gasteiger partial charge in [-0.15, -0.1) is 0 Å². The van der Waals surface area contributed by atoms with Crippen molar-refractivity contribution in [2.45, 2.75) is 18.9 Å². The molecule has 0 bridgehead atoms. The average Bonchev–Trinajstić information content (AvgIpc) is 3.30. The molecule has 2 heterocycles. The van der Waals surface area contributed by atoms with Gasteiger partial charge in [-0.3, -0.25) is 14.6 Å². The molecule has 0 spiro atoms. The average molecular weight is 473 g/mol. The van der Waals surface area contributed by atoms with Gasteiger partial charge in [-0.05, 0) is 54.4 Å². The van der Waals surface area contributed by atoms with Crippen molar-refractivity contribution in [2.75, 3.05) is 33.8 Å². The van der Waals surface area contributed by atoms with E-state index in [9.17, 15) is 9.59 Å². The minimum absolute atomic E-state index is 0.0907. The fraction of sp³-hybridized carbons (Fsp3) is 0.321. The van der Waals surface area contributed by atoms with E-state index in [0.717, 1.165) is 42.0 Å². The molecule has 1 fully saturated rings. The lowest BCUT2D eigenvalue weighted by molar-refractivity contribution is -0.124. The number of likely N-dealkylation sites (N-methyl/N-ethyl adjacent to an activating group) is 1. The molecule has 2 atom stereocenters. The van der Waals surface area contributed by atoms with Crippen LogP contribution in [0.4, 0.5) is 0 Å². The van der Waals surface area contributed by atoms with E-state index in [1.165, 1.54) is 0 Å². The van der Waals surface area contributed by atoms with E-state index in [4.69, 9.17) is 4.74 Å². The van der Waals surface area contributed by atoms with Gasteiger partial charge in [0.2, 0.25) is 5.91 Å². The van der Waals surface area contributed by atoms with Gasteiger partial charge in [-0.2, -0.15) is 0 Å². The van der Waals surface area contributed by atoms with Crippen LogP contribution in [-0.2, 0) is 17.8 Å². The maximum absolute atomic E-state index is 13.0. The number of nitrogens with one attached hydrogen (secondary N) is 2. The molecule has 1 aliphatic heterocycles. The van der Waals surface area contributed by atoms with Crippen molar-refractivity contribution in [1.82, 2.24) is 20.5 Å². The SMILES string of the molecule is COc1ccc(CCNC(=O)C2CN(C)CC2c2ccc(CNC(=O)c3cccnc3)cc2)cc1. The highest BCUT2D eigenvalue weighted by Crippen LogP contribution is 2.32. The molecular weight excluding hydrogens is 440 g/mol. The molecule has 4 rings (SSSR count). The quantitative estimate of drug-likeness (QED) is 0.500. The number of carbonyl (C=O) groups excluding carboxylic acids is 2. The van der Waals surface area contributed by atoms with Crippen molar-refractivity contribution in [3.8, 4) is 5.75 Å². The summed E-state index contributed by atoms with van der Waals surface area (Å²) in [5.74, 6) is 0.829. The predicted molar refractivity (Wildman–Crippen MR) is 135 cm³/mol. The van der Waals surface area contributed by atoms with Crippen LogP contribution >= 0.6 is 0 Å². The van der Waals surface area contributed by atoms with Crippen molar-refractivity contribution in [2.24, 2.45) is 5.92 Å². The molecule has 3 aromatic rings. The van der Waals surface area contributed by atoms with E-state index in [1.807, 2.05) is 36.4 Å². The minimum atomic E-state index is -0.147. The molecule has 1 aromatic heterocycles. The van der Waals surface area contributed by atoms with Gasteiger partial charge in [0, 0.05) is 44.5 Å². The summed E-state index contributed by atoms with van der Waals surface area (Å²) in [6, 6.07) is 19.6. The maximum Gasteiger partial charge on any atom is 0.253 e. The molecule has 35 heavy (non-hydrogen) atoms. The molecule has 0 saturated carbocycles. The Morgan fingerprint density at radius 2 is 1.74 bits per heavy atom. The second-order valence-electron chi connectivity index (χ2n) is 8.99. The summed E-state index contributed by atoms with van der Waals surface area (Å²) in [6.07, 6.45) is 3.98. The molecule has 7 nitrogen and oxygen atoms in total. The first-order valence-electron chi connectivity index (χ1n) is 11.9. The van der Waals surface area contributed by atoms with E-state index < -0.39 is 0 Å². The smallest absolute Gasteiger partial charge is 0.253 e. The normalized spacial score (nSPS) is 17.7. The monoisotopic (exact) mass is 472 g/mol. The second-order valence-corrected chi connectivity index (χ2v) is 8.99. The van der Waals surface area contributed by atoms with E-state index in [-0.39, 0.29) is 23.7 Å². The third-order valence-corrected chi connectivity index (χ3v) is 6.50. The van der Waals surface area contributed by atoms with Crippen LogP contribution in [-0.4, -0.2) is 55.5 Å². The molecule has 0 radical (unpaired) electrons. The fourth-order valence-electron chi connectivity index (χ4n) is 4.52. The third kappa shape index (κ3) is 6.45. The number of hydrogen-bond acceptors (Lipinski definition) is 5. The molecule has 7 heteroatoms. The number of ether oxygens (including phenoxy) is 1. The van der Waals surface area contributed by atoms with Crippen molar-refractivity contribution in [3.63, 3.8) is 0 Å². The lowest BCUT2D eigenvalue weighted by Gasteiger charge is -2.19. The zero-order valence-electron chi connectivity index (χ0n) is 20.2. The Bertz CT molecular complexity index is 1120. The minimum Gasteiger partial charge on any atom is -0.497 e. The van der Waals surface area contributed by atoms with E-state index >= 15 is 0 Å². The third-order valence-electron chi connectivity index (χ3n) is 6.50. The number of amides is 2. The van der Waals surface area contributed by atoms with Gasteiger partial charge in [0.15, 0.2) is 0 Å². The van der Waals surface area contributed by atoms with Crippen molar-refractivity contribution < 1.29 is 14.3 Å². The zero-order chi connectivity index (χ0) is 24.6. The van der Waals surface area contributed by atoms with Gasteiger partial charge < -0.3 is 20.3 Å². The summed E-state index contributed by atoms with van der Waals surface area (Å²) in [5.41, 5.74) is 3.86. The van der Waals surface area contributed by atoms with Gasteiger partial charge in [-0.25, -0.2) is 0 Å². The van der Waals surface area contributed by atoms with Crippen LogP contribution < -0.4 is 15.4 Å². The Kier molecular flexibility index (Phi) is 8.11. The van der Waals surface area contributed by atoms with Gasteiger partial charge >= 0.3 is 0 Å². The number of nitrogens with zero attached hydrogens (tertiary/aromatic N) is 2. The zero-order valence-corrected chi connectivity index (χ0v) is 20.2. The Morgan fingerprint density at radius 3 is 2.43 bits per heavy atom. The maximum atomic E-state index is 13.0. The van der Waals surface area contributed by atoms with Crippen LogP contribution in [0.15, 0.2) is 73.1 Å². The number of aromatic nitrogens is 1. The molecule has 2 unspecified atom stereocenters. The van der Waals surface area contributed by atoms with Crippen LogP contribution in [0.2, 0.25) is 0 Å². The number of carbonyl (C=O) groups is 2. The first-order valence-corrected chi connectivity index (χ1v) is 11.9. The van der Waals surface area contributed by atoms with Crippen molar-refractivity contribution in [1.29, 1.82) is 0 Å². The predicted octanol–water partition coefficient (Wildman–Crippen LogP) is 3.02. The summed E-state index contributed by atoms with van der Waals surface area (Å²) in [7, 11) is 3.71. The lowest BCUT2D eigenvalue weighted by Crippen LogP contribution is -2.35. The Balaban J connectivity index is 1.31. The van der Waals surface area contributed by atoms with Crippen LogP contribution in [0.1, 0.15) is 33.0 Å². The summed E-state index contributed by atoms with van der Waals surface area (Å²) < 4.78 is 5.20. The van der Waals surface area contributed by atoms with E-state index in [2.05, 4.69) is 39.7 Å². The number of methoxy groups -OCH3 is 1. The Morgan fingerprint density at radius 1 is 1.00 bits per heavy atom. The highest BCUT2D eigenvalue weighted by Gasteiger charge is 2.36. The van der Waals surface area contributed by atoms with Gasteiger partial charge in [0.25, 0.3) is 5.91 Å². The molecule has 2 aromatic carbocycles. The Labute approximate surface area is 206 Å². The van der Waals surface area contributed by atoms with Crippen LogP contribution in [0, 0.1) is 5.92 Å².